The number of hydrogen-bond donors (Lipinski definition) is 0. The number of anilines is 1. The molecule has 1 aliphatic heterocycles. The second-order valence-corrected chi connectivity index (χ2v) is 5.36. The van der Waals surface area contributed by atoms with Crippen LogP contribution in [0.15, 0.2) is 42.6 Å². The largest absolute Gasteiger partial charge is 0.368 e. The van der Waals surface area contributed by atoms with Gasteiger partial charge in [-0.3, -0.25) is 0 Å². The SMILES string of the molecule is CN1CCN(c2cnnc(Cc3ccccc3)c2)CC1. The van der Waals surface area contributed by atoms with Crippen LogP contribution in [0.5, 0.6) is 0 Å². The molecule has 0 N–H and O–H groups in total. The summed E-state index contributed by atoms with van der Waals surface area (Å²) in [5.41, 5.74) is 3.50. The van der Waals surface area contributed by atoms with Gasteiger partial charge >= 0.3 is 0 Å². The van der Waals surface area contributed by atoms with Gasteiger partial charge in [0, 0.05) is 32.6 Å². The van der Waals surface area contributed by atoms with Gasteiger partial charge in [-0.2, -0.15) is 10.2 Å². The van der Waals surface area contributed by atoms with Crippen molar-refractivity contribution in [2.75, 3.05) is 38.1 Å². The normalized spacial score (nSPS) is 16.4. The molecule has 4 heteroatoms. The van der Waals surface area contributed by atoms with Crippen molar-refractivity contribution in [1.29, 1.82) is 0 Å². The first-order valence-corrected chi connectivity index (χ1v) is 7.10. The summed E-state index contributed by atoms with van der Waals surface area (Å²) in [5, 5.41) is 8.43. The monoisotopic (exact) mass is 268 g/mol. The fourth-order valence-electron chi connectivity index (χ4n) is 2.53. The van der Waals surface area contributed by atoms with Crippen LogP contribution in [0.3, 0.4) is 0 Å². The minimum atomic E-state index is 0.843. The van der Waals surface area contributed by atoms with E-state index in [4.69, 9.17) is 0 Å². The Balaban J connectivity index is 1.73. The molecule has 0 saturated carbocycles. The zero-order valence-corrected chi connectivity index (χ0v) is 11.9. The predicted molar refractivity (Wildman–Crippen MR) is 81.0 cm³/mol. The Morgan fingerprint density at radius 3 is 2.55 bits per heavy atom. The molecule has 1 aliphatic rings. The van der Waals surface area contributed by atoms with Gasteiger partial charge in [0.25, 0.3) is 0 Å². The smallest absolute Gasteiger partial charge is 0.0730 e. The van der Waals surface area contributed by atoms with Crippen LogP contribution in [0.1, 0.15) is 11.3 Å². The van der Waals surface area contributed by atoms with E-state index < -0.39 is 0 Å². The number of likely N-dealkylation sites (N-methyl/N-ethyl adjacent to an activating group) is 1. The van der Waals surface area contributed by atoms with Crippen molar-refractivity contribution in [1.82, 2.24) is 15.1 Å². The topological polar surface area (TPSA) is 32.3 Å². The van der Waals surface area contributed by atoms with Crippen LogP contribution in [0.2, 0.25) is 0 Å². The molecule has 0 aliphatic carbocycles. The molecular formula is C16H20N4. The van der Waals surface area contributed by atoms with Crippen LogP contribution >= 0.6 is 0 Å². The van der Waals surface area contributed by atoms with Gasteiger partial charge in [0.2, 0.25) is 0 Å². The molecule has 0 amide bonds. The Hall–Kier alpha value is -1.94. The van der Waals surface area contributed by atoms with E-state index in [0.29, 0.717) is 0 Å². The number of hydrogen-bond acceptors (Lipinski definition) is 4. The van der Waals surface area contributed by atoms with Gasteiger partial charge in [-0.25, -0.2) is 0 Å². The average molecular weight is 268 g/mol. The molecule has 0 radical (unpaired) electrons. The van der Waals surface area contributed by atoms with E-state index in [0.717, 1.165) is 38.3 Å². The molecule has 4 nitrogen and oxygen atoms in total. The van der Waals surface area contributed by atoms with Crippen molar-refractivity contribution in [3.8, 4) is 0 Å². The maximum atomic E-state index is 4.26. The van der Waals surface area contributed by atoms with Crippen LogP contribution in [-0.4, -0.2) is 48.3 Å². The molecular weight excluding hydrogens is 248 g/mol. The van der Waals surface area contributed by atoms with Crippen molar-refractivity contribution in [3.05, 3.63) is 53.9 Å². The minimum absolute atomic E-state index is 0.843. The molecule has 0 atom stereocenters. The summed E-state index contributed by atoms with van der Waals surface area (Å²) in [6, 6.07) is 12.6. The second-order valence-electron chi connectivity index (χ2n) is 5.36. The summed E-state index contributed by atoms with van der Waals surface area (Å²) in [6.45, 7) is 4.34. The van der Waals surface area contributed by atoms with Crippen molar-refractivity contribution in [2.45, 2.75) is 6.42 Å². The third-order valence-corrected chi connectivity index (χ3v) is 3.79. The van der Waals surface area contributed by atoms with E-state index in [1.807, 2.05) is 12.3 Å². The third-order valence-electron chi connectivity index (χ3n) is 3.79. The molecule has 0 unspecified atom stereocenters. The highest BCUT2D eigenvalue weighted by atomic mass is 15.3. The van der Waals surface area contributed by atoms with Crippen LogP contribution in [-0.2, 0) is 6.42 Å². The Labute approximate surface area is 120 Å². The summed E-state index contributed by atoms with van der Waals surface area (Å²) >= 11 is 0. The van der Waals surface area contributed by atoms with E-state index in [1.54, 1.807) is 0 Å². The first-order valence-electron chi connectivity index (χ1n) is 7.10. The molecule has 20 heavy (non-hydrogen) atoms. The number of nitrogens with zero attached hydrogens (tertiary/aromatic N) is 4. The first-order chi connectivity index (χ1) is 9.81. The van der Waals surface area contributed by atoms with E-state index >= 15 is 0 Å². The summed E-state index contributed by atoms with van der Waals surface area (Å²) in [6.07, 6.45) is 2.72. The summed E-state index contributed by atoms with van der Waals surface area (Å²) < 4.78 is 0. The molecule has 2 heterocycles. The average Bonchev–Trinajstić information content (AvgIpc) is 2.49. The molecule has 1 saturated heterocycles. The standard InChI is InChI=1S/C16H20N4/c1-19-7-9-20(10-8-19)16-12-15(18-17-13-16)11-14-5-3-2-4-6-14/h2-6,12-13H,7-11H2,1H3. The Kier molecular flexibility index (Phi) is 3.92. The molecule has 1 aromatic carbocycles. The Morgan fingerprint density at radius 2 is 1.80 bits per heavy atom. The fourth-order valence-corrected chi connectivity index (χ4v) is 2.53. The zero-order valence-electron chi connectivity index (χ0n) is 11.9. The number of piperazine rings is 1. The fraction of sp³-hybridized carbons (Fsp3) is 0.375. The molecule has 1 fully saturated rings. The molecule has 104 valence electrons. The Morgan fingerprint density at radius 1 is 1.05 bits per heavy atom. The van der Waals surface area contributed by atoms with Gasteiger partial charge in [0.05, 0.1) is 17.6 Å². The second kappa shape index (κ2) is 6.01. The lowest BCUT2D eigenvalue weighted by Gasteiger charge is -2.33. The highest BCUT2D eigenvalue weighted by molar-refractivity contribution is 5.45. The van der Waals surface area contributed by atoms with Gasteiger partial charge in [0.1, 0.15) is 0 Å². The summed E-state index contributed by atoms with van der Waals surface area (Å²) in [7, 11) is 2.17. The molecule has 0 bridgehead atoms. The highest BCUT2D eigenvalue weighted by Gasteiger charge is 2.15. The summed E-state index contributed by atoms with van der Waals surface area (Å²) in [5.74, 6) is 0. The molecule has 2 aromatic rings. The van der Waals surface area contributed by atoms with Gasteiger partial charge in [-0.05, 0) is 18.7 Å². The van der Waals surface area contributed by atoms with Crippen LogP contribution in [0.25, 0.3) is 0 Å². The highest BCUT2D eigenvalue weighted by Crippen LogP contribution is 2.17. The van der Waals surface area contributed by atoms with Gasteiger partial charge in [0.15, 0.2) is 0 Å². The van der Waals surface area contributed by atoms with Crippen molar-refractivity contribution in [3.63, 3.8) is 0 Å². The van der Waals surface area contributed by atoms with Crippen LogP contribution in [0.4, 0.5) is 5.69 Å². The van der Waals surface area contributed by atoms with Crippen LogP contribution < -0.4 is 4.90 Å². The molecule has 3 rings (SSSR count). The van der Waals surface area contributed by atoms with Crippen molar-refractivity contribution < 1.29 is 0 Å². The van der Waals surface area contributed by atoms with E-state index in [9.17, 15) is 0 Å². The maximum absolute atomic E-state index is 4.26. The van der Waals surface area contributed by atoms with Crippen molar-refractivity contribution >= 4 is 5.69 Å². The summed E-state index contributed by atoms with van der Waals surface area (Å²) in [4.78, 5) is 4.75. The van der Waals surface area contributed by atoms with Gasteiger partial charge in [-0.15, -0.1) is 0 Å². The number of rotatable bonds is 3. The lowest BCUT2D eigenvalue weighted by atomic mass is 10.1. The van der Waals surface area contributed by atoms with E-state index in [2.05, 4.69) is 57.4 Å². The lowest BCUT2D eigenvalue weighted by molar-refractivity contribution is 0.312. The maximum Gasteiger partial charge on any atom is 0.0730 e. The number of aromatic nitrogens is 2. The van der Waals surface area contributed by atoms with Gasteiger partial charge < -0.3 is 9.80 Å². The number of benzene rings is 1. The van der Waals surface area contributed by atoms with E-state index in [-0.39, 0.29) is 0 Å². The lowest BCUT2D eigenvalue weighted by Crippen LogP contribution is -2.44. The third kappa shape index (κ3) is 3.14. The van der Waals surface area contributed by atoms with Gasteiger partial charge in [-0.1, -0.05) is 30.3 Å². The zero-order chi connectivity index (χ0) is 13.8. The molecule has 0 spiro atoms. The minimum Gasteiger partial charge on any atom is -0.368 e. The van der Waals surface area contributed by atoms with Crippen LogP contribution in [0, 0.1) is 0 Å². The quantitative estimate of drug-likeness (QED) is 0.850. The Bertz CT molecular complexity index is 547. The van der Waals surface area contributed by atoms with E-state index in [1.165, 1.54) is 11.3 Å². The van der Waals surface area contributed by atoms with Crippen molar-refractivity contribution in [2.24, 2.45) is 0 Å². The molecule has 1 aromatic heterocycles. The first kappa shape index (κ1) is 13.1. The predicted octanol–water partition coefficient (Wildman–Crippen LogP) is 1.82.